The third kappa shape index (κ3) is 4.94. The maximum absolute atomic E-state index is 11.7. The molecule has 0 spiro atoms. The number of aromatic nitrogens is 1. The molecule has 1 saturated heterocycles. The van der Waals surface area contributed by atoms with Crippen molar-refractivity contribution in [1.29, 1.82) is 0 Å². The molecule has 0 saturated carbocycles. The molecule has 1 aliphatic rings. The number of oxazole rings is 1. The molecule has 1 aromatic heterocycles. The predicted molar refractivity (Wildman–Crippen MR) is 117 cm³/mol. The Labute approximate surface area is 178 Å². The predicted octanol–water partition coefficient (Wildman–Crippen LogP) is 4.02. The van der Waals surface area contributed by atoms with Crippen LogP contribution >= 0.6 is 11.8 Å². The molecule has 1 amide bonds. The van der Waals surface area contributed by atoms with Crippen LogP contribution in [-0.2, 0) is 11.2 Å². The molecule has 30 heavy (non-hydrogen) atoms. The zero-order chi connectivity index (χ0) is 20.9. The zero-order valence-electron chi connectivity index (χ0n) is 16.7. The van der Waals surface area contributed by atoms with Crippen molar-refractivity contribution in [2.24, 2.45) is 0 Å². The summed E-state index contributed by atoms with van der Waals surface area (Å²) in [5, 5.41) is 2.28. The molecule has 1 N–H and O–H groups in total. The third-order valence-corrected chi connectivity index (χ3v) is 5.69. The average molecular weight is 426 g/mol. The molecule has 1 aliphatic heterocycles. The summed E-state index contributed by atoms with van der Waals surface area (Å²) in [7, 11) is 1.97. The molecule has 1 unspecified atom stereocenters. The quantitative estimate of drug-likeness (QED) is 0.518. The van der Waals surface area contributed by atoms with Crippen molar-refractivity contribution in [2.75, 3.05) is 25.1 Å². The Morgan fingerprint density at radius 1 is 1.13 bits per heavy atom. The number of hydrogen-bond acceptors (Lipinski definition) is 7. The van der Waals surface area contributed by atoms with Gasteiger partial charge in [0.25, 0.3) is 11.3 Å². The fourth-order valence-electron chi connectivity index (χ4n) is 3.24. The van der Waals surface area contributed by atoms with Crippen LogP contribution in [0.1, 0.15) is 18.4 Å². The van der Waals surface area contributed by atoms with E-state index in [4.69, 9.17) is 9.15 Å². The average Bonchev–Trinajstić information content (AvgIpc) is 3.31. The number of amides is 1. The molecule has 2 aromatic carbocycles. The summed E-state index contributed by atoms with van der Waals surface area (Å²) in [6.07, 6.45) is 2.36. The van der Waals surface area contributed by atoms with Gasteiger partial charge in [-0.05, 0) is 42.7 Å². The number of nitrogens with zero attached hydrogens (tertiary/aromatic N) is 2. The Hall–Kier alpha value is -3.00. The molecular formula is C22H23N3O4S. The number of hydrogen-bond donors (Lipinski definition) is 1. The van der Waals surface area contributed by atoms with Crippen LogP contribution in [0.15, 0.2) is 52.9 Å². The topological polar surface area (TPSA) is 84.7 Å². The summed E-state index contributed by atoms with van der Waals surface area (Å²) in [4.78, 5) is 29.4. The van der Waals surface area contributed by atoms with Gasteiger partial charge in [0.2, 0.25) is 5.12 Å². The minimum absolute atomic E-state index is 0.122. The van der Waals surface area contributed by atoms with Crippen LogP contribution in [0.4, 0.5) is 10.8 Å². The minimum Gasteiger partial charge on any atom is -0.494 e. The van der Waals surface area contributed by atoms with Gasteiger partial charge in [0.15, 0.2) is 5.58 Å². The molecule has 8 heteroatoms. The Kier molecular flexibility index (Phi) is 6.23. The maximum Gasteiger partial charge on any atom is 0.298 e. The van der Waals surface area contributed by atoms with Gasteiger partial charge in [-0.3, -0.25) is 9.59 Å². The number of carbonyl (C=O) groups is 2. The van der Waals surface area contributed by atoms with Crippen LogP contribution in [0.2, 0.25) is 0 Å². The van der Waals surface area contributed by atoms with Crippen LogP contribution in [0.5, 0.6) is 5.75 Å². The monoisotopic (exact) mass is 425 g/mol. The van der Waals surface area contributed by atoms with Crippen molar-refractivity contribution < 1.29 is 18.7 Å². The van der Waals surface area contributed by atoms with Gasteiger partial charge >= 0.3 is 0 Å². The largest absolute Gasteiger partial charge is 0.494 e. The van der Waals surface area contributed by atoms with Gasteiger partial charge in [0.05, 0.1) is 6.61 Å². The fraction of sp³-hybridized carbons (Fsp3) is 0.318. The lowest BCUT2D eigenvalue weighted by atomic mass is 10.1. The highest BCUT2D eigenvalue weighted by Gasteiger charge is 2.31. The van der Waals surface area contributed by atoms with Crippen molar-refractivity contribution in [2.45, 2.75) is 25.3 Å². The molecule has 1 atom stereocenters. The van der Waals surface area contributed by atoms with Gasteiger partial charge in [-0.2, -0.15) is 4.98 Å². The molecular weight excluding hydrogens is 402 g/mol. The molecule has 2 heterocycles. The second-order valence-corrected chi connectivity index (χ2v) is 8.17. The van der Waals surface area contributed by atoms with E-state index in [9.17, 15) is 9.59 Å². The molecule has 0 bridgehead atoms. The lowest BCUT2D eigenvalue weighted by molar-refractivity contribution is -0.112. The first kappa shape index (κ1) is 20.3. The van der Waals surface area contributed by atoms with Gasteiger partial charge in [0, 0.05) is 31.8 Å². The number of benzene rings is 2. The van der Waals surface area contributed by atoms with Crippen molar-refractivity contribution in [3.8, 4) is 5.75 Å². The first-order valence-electron chi connectivity index (χ1n) is 9.89. The van der Waals surface area contributed by atoms with Crippen molar-refractivity contribution >= 4 is 39.2 Å². The normalized spacial score (nSPS) is 16.1. The summed E-state index contributed by atoms with van der Waals surface area (Å²) < 4.78 is 11.6. The van der Waals surface area contributed by atoms with E-state index in [0.717, 1.165) is 53.6 Å². The van der Waals surface area contributed by atoms with Crippen LogP contribution in [0.3, 0.4) is 0 Å². The maximum atomic E-state index is 11.7. The molecule has 0 radical (unpaired) electrons. The minimum atomic E-state index is -0.437. The number of para-hydroxylation sites is 2. The highest BCUT2D eigenvalue weighted by Crippen LogP contribution is 2.22. The molecule has 7 nitrogen and oxygen atoms in total. The summed E-state index contributed by atoms with van der Waals surface area (Å²) in [6, 6.07) is 15.6. The Morgan fingerprint density at radius 2 is 1.93 bits per heavy atom. The van der Waals surface area contributed by atoms with E-state index in [1.165, 1.54) is 0 Å². The van der Waals surface area contributed by atoms with E-state index < -0.39 is 6.04 Å². The fourth-order valence-corrected chi connectivity index (χ4v) is 3.91. The standard InChI is InChI=1S/C22H23N3O4S/c1-25(21-23-17-6-2-3-7-19(17)29-21)12-4-5-13-28-16-10-8-15(9-11-16)14-18-20(26)30-22(27)24-18/h2-3,6-11,18H,4-5,12-14H2,1H3,(H,24,27). The molecule has 4 rings (SSSR count). The third-order valence-electron chi connectivity index (χ3n) is 4.90. The van der Waals surface area contributed by atoms with Crippen molar-refractivity contribution in [1.82, 2.24) is 10.3 Å². The summed E-state index contributed by atoms with van der Waals surface area (Å²) in [5.41, 5.74) is 2.65. The van der Waals surface area contributed by atoms with Gasteiger partial charge in [-0.15, -0.1) is 0 Å². The van der Waals surface area contributed by atoms with E-state index in [1.54, 1.807) is 0 Å². The second-order valence-electron chi connectivity index (χ2n) is 7.19. The first-order chi connectivity index (χ1) is 14.6. The van der Waals surface area contributed by atoms with Crippen LogP contribution in [-0.4, -0.2) is 41.6 Å². The number of unbranched alkanes of at least 4 members (excludes halogenated alkanes) is 1. The van der Waals surface area contributed by atoms with Crippen molar-refractivity contribution in [3.05, 3.63) is 54.1 Å². The smallest absolute Gasteiger partial charge is 0.298 e. The Morgan fingerprint density at radius 3 is 2.67 bits per heavy atom. The van der Waals surface area contributed by atoms with Gasteiger partial charge in [-0.1, -0.05) is 24.3 Å². The Bertz CT molecular complexity index is 1000. The summed E-state index contributed by atoms with van der Waals surface area (Å²) in [5.74, 6) is 0.794. The molecule has 156 valence electrons. The number of nitrogens with one attached hydrogen (secondary N) is 1. The van der Waals surface area contributed by atoms with Crippen LogP contribution in [0.25, 0.3) is 11.1 Å². The first-order valence-corrected chi connectivity index (χ1v) is 10.7. The zero-order valence-corrected chi connectivity index (χ0v) is 17.5. The summed E-state index contributed by atoms with van der Waals surface area (Å²) in [6.45, 7) is 1.45. The number of ether oxygens (including phenoxy) is 1. The number of fused-ring (bicyclic) bond motifs is 1. The van der Waals surface area contributed by atoms with Crippen LogP contribution < -0.4 is 15.0 Å². The SMILES string of the molecule is CN(CCCCOc1ccc(CC2NC(=O)SC2=O)cc1)c1nc2ccccc2o1. The molecule has 1 fully saturated rings. The Balaban J connectivity index is 1.17. The van der Waals surface area contributed by atoms with E-state index in [0.29, 0.717) is 19.0 Å². The number of thioether (sulfide) groups is 1. The number of carbonyl (C=O) groups excluding carboxylic acids is 2. The van der Waals surface area contributed by atoms with E-state index >= 15 is 0 Å². The summed E-state index contributed by atoms with van der Waals surface area (Å²) >= 11 is 0.741. The van der Waals surface area contributed by atoms with Gasteiger partial charge in [0.1, 0.15) is 17.3 Å². The van der Waals surface area contributed by atoms with Gasteiger partial charge in [-0.25, -0.2) is 0 Å². The highest BCUT2D eigenvalue weighted by atomic mass is 32.2. The lowest BCUT2D eigenvalue weighted by Gasteiger charge is -2.14. The van der Waals surface area contributed by atoms with Crippen molar-refractivity contribution in [3.63, 3.8) is 0 Å². The van der Waals surface area contributed by atoms with E-state index in [2.05, 4.69) is 10.3 Å². The van der Waals surface area contributed by atoms with Crippen LogP contribution in [0, 0.1) is 0 Å². The molecule has 3 aromatic rings. The lowest BCUT2D eigenvalue weighted by Crippen LogP contribution is -2.30. The number of rotatable bonds is 9. The van der Waals surface area contributed by atoms with Gasteiger partial charge < -0.3 is 19.4 Å². The number of anilines is 1. The highest BCUT2D eigenvalue weighted by molar-refractivity contribution is 8.26. The molecule has 0 aliphatic carbocycles. The van der Waals surface area contributed by atoms with E-state index in [1.807, 2.05) is 60.5 Å². The van der Waals surface area contributed by atoms with E-state index in [-0.39, 0.29) is 10.4 Å². The second kappa shape index (κ2) is 9.21.